The minimum absolute atomic E-state index is 0. The van der Waals surface area contributed by atoms with Gasteiger partial charge in [0.2, 0.25) is 0 Å². The molecule has 0 aliphatic heterocycles. The van der Waals surface area contributed by atoms with Crippen LogP contribution in [0, 0.1) is 0 Å². The van der Waals surface area contributed by atoms with Crippen molar-refractivity contribution < 1.29 is 9.53 Å². The summed E-state index contributed by atoms with van der Waals surface area (Å²) in [5.41, 5.74) is 0.949. The van der Waals surface area contributed by atoms with Crippen LogP contribution >= 0.6 is 47.2 Å². The molecule has 0 unspecified atom stereocenters. The minimum Gasteiger partial charge on any atom is -0.466 e. The van der Waals surface area contributed by atoms with Crippen LogP contribution in [0.5, 0.6) is 0 Å². The van der Waals surface area contributed by atoms with Crippen molar-refractivity contribution in [2.45, 2.75) is 26.3 Å². The van der Waals surface area contributed by atoms with Crippen molar-refractivity contribution in [3.63, 3.8) is 0 Å². The standard InChI is InChI=1S/C14H22Cl2N4O2.HI/c1-4-22-12(21)6-5-7-18-14(17-2)19-9-10-8-11(15)13(16)20(10)3;/h8H,4-7,9H2,1-3H3,(H2,17,18,19);1H. The van der Waals surface area contributed by atoms with Crippen molar-refractivity contribution in [1.29, 1.82) is 0 Å². The van der Waals surface area contributed by atoms with E-state index in [-0.39, 0.29) is 29.9 Å². The van der Waals surface area contributed by atoms with Gasteiger partial charge in [-0.3, -0.25) is 9.79 Å². The van der Waals surface area contributed by atoms with Crippen LogP contribution < -0.4 is 10.6 Å². The van der Waals surface area contributed by atoms with Crippen molar-refractivity contribution >= 4 is 59.1 Å². The normalized spacial score (nSPS) is 10.9. The van der Waals surface area contributed by atoms with E-state index in [1.54, 1.807) is 14.0 Å². The molecule has 0 aliphatic rings. The molecule has 0 bridgehead atoms. The lowest BCUT2D eigenvalue weighted by atomic mass is 10.3. The summed E-state index contributed by atoms with van der Waals surface area (Å²) in [4.78, 5) is 15.3. The maximum Gasteiger partial charge on any atom is 0.305 e. The van der Waals surface area contributed by atoms with E-state index < -0.39 is 0 Å². The quantitative estimate of drug-likeness (QED) is 0.209. The number of aromatic nitrogens is 1. The van der Waals surface area contributed by atoms with Crippen LogP contribution in [0.25, 0.3) is 0 Å². The Morgan fingerprint density at radius 1 is 1.39 bits per heavy atom. The number of rotatable bonds is 7. The van der Waals surface area contributed by atoms with E-state index in [0.29, 0.717) is 48.7 Å². The summed E-state index contributed by atoms with van der Waals surface area (Å²) in [6.07, 6.45) is 1.07. The van der Waals surface area contributed by atoms with E-state index in [1.807, 2.05) is 17.7 Å². The Morgan fingerprint density at radius 2 is 2.09 bits per heavy atom. The van der Waals surface area contributed by atoms with Crippen LogP contribution in [0.4, 0.5) is 0 Å². The SMILES string of the molecule is CCOC(=O)CCCNC(=NC)NCc1cc(Cl)c(Cl)n1C.I. The molecule has 0 aliphatic carbocycles. The highest BCUT2D eigenvalue weighted by atomic mass is 127. The lowest BCUT2D eigenvalue weighted by molar-refractivity contribution is -0.143. The van der Waals surface area contributed by atoms with Gasteiger partial charge >= 0.3 is 5.97 Å². The van der Waals surface area contributed by atoms with Gasteiger partial charge in [-0.15, -0.1) is 24.0 Å². The molecule has 0 saturated carbocycles. The van der Waals surface area contributed by atoms with E-state index in [4.69, 9.17) is 27.9 Å². The lowest BCUT2D eigenvalue weighted by Crippen LogP contribution is -2.37. The predicted molar refractivity (Wildman–Crippen MR) is 105 cm³/mol. The van der Waals surface area contributed by atoms with Crippen LogP contribution in [-0.2, 0) is 23.1 Å². The van der Waals surface area contributed by atoms with E-state index in [1.165, 1.54) is 0 Å². The monoisotopic (exact) mass is 476 g/mol. The number of nitrogens with zero attached hydrogens (tertiary/aromatic N) is 2. The number of aliphatic imine (C=N–C) groups is 1. The van der Waals surface area contributed by atoms with E-state index in [0.717, 1.165) is 5.69 Å². The van der Waals surface area contributed by atoms with Gasteiger partial charge in [0.1, 0.15) is 5.15 Å². The molecule has 0 saturated heterocycles. The number of carbonyl (C=O) groups excluding carboxylic acids is 1. The number of esters is 1. The molecule has 1 aromatic heterocycles. The average molecular weight is 477 g/mol. The van der Waals surface area contributed by atoms with Gasteiger partial charge < -0.3 is 19.9 Å². The largest absolute Gasteiger partial charge is 0.466 e. The van der Waals surface area contributed by atoms with Crippen LogP contribution in [0.1, 0.15) is 25.5 Å². The summed E-state index contributed by atoms with van der Waals surface area (Å²) < 4.78 is 6.68. The van der Waals surface area contributed by atoms with Gasteiger partial charge in [0.05, 0.1) is 18.2 Å². The highest BCUT2D eigenvalue weighted by molar-refractivity contribution is 14.0. The molecule has 132 valence electrons. The van der Waals surface area contributed by atoms with Crippen LogP contribution in [0.3, 0.4) is 0 Å². The summed E-state index contributed by atoms with van der Waals surface area (Å²) in [6.45, 7) is 3.38. The second-order valence-electron chi connectivity index (χ2n) is 4.59. The molecule has 23 heavy (non-hydrogen) atoms. The molecule has 1 rings (SSSR count). The molecular formula is C14H23Cl2IN4O2. The van der Waals surface area contributed by atoms with Gasteiger partial charge in [0.25, 0.3) is 0 Å². The fraction of sp³-hybridized carbons (Fsp3) is 0.571. The summed E-state index contributed by atoms with van der Waals surface area (Å²) in [7, 11) is 3.53. The zero-order valence-corrected chi connectivity index (χ0v) is 17.3. The molecule has 2 N–H and O–H groups in total. The number of carbonyl (C=O) groups is 1. The summed E-state index contributed by atoms with van der Waals surface area (Å²) in [5.74, 6) is 0.470. The van der Waals surface area contributed by atoms with Crippen LogP contribution in [0.15, 0.2) is 11.1 Å². The molecule has 0 amide bonds. The molecule has 0 spiro atoms. The van der Waals surface area contributed by atoms with Crippen molar-refractivity contribution in [3.8, 4) is 0 Å². The van der Waals surface area contributed by atoms with Crippen molar-refractivity contribution in [2.24, 2.45) is 12.0 Å². The van der Waals surface area contributed by atoms with Crippen molar-refractivity contribution in [1.82, 2.24) is 15.2 Å². The van der Waals surface area contributed by atoms with Gasteiger partial charge in [0, 0.05) is 32.8 Å². The van der Waals surface area contributed by atoms with E-state index in [9.17, 15) is 4.79 Å². The number of halogens is 3. The molecular weight excluding hydrogens is 454 g/mol. The molecule has 6 nitrogen and oxygen atoms in total. The Kier molecular flexibility index (Phi) is 11.5. The third-order valence-corrected chi connectivity index (χ3v) is 3.87. The zero-order chi connectivity index (χ0) is 16.5. The Morgan fingerprint density at radius 3 is 2.61 bits per heavy atom. The second kappa shape index (κ2) is 11.8. The fourth-order valence-corrected chi connectivity index (χ4v) is 2.24. The molecule has 0 aromatic carbocycles. The minimum atomic E-state index is -0.180. The zero-order valence-electron chi connectivity index (χ0n) is 13.5. The first-order valence-electron chi connectivity index (χ1n) is 7.09. The molecule has 0 atom stereocenters. The Labute approximate surface area is 164 Å². The van der Waals surface area contributed by atoms with E-state index >= 15 is 0 Å². The number of hydrogen-bond donors (Lipinski definition) is 2. The maximum atomic E-state index is 11.2. The third-order valence-electron chi connectivity index (χ3n) is 3.03. The lowest BCUT2D eigenvalue weighted by Gasteiger charge is -2.12. The summed E-state index contributed by atoms with van der Waals surface area (Å²) in [6, 6.07) is 1.81. The van der Waals surface area contributed by atoms with Gasteiger partial charge in [-0.1, -0.05) is 23.2 Å². The Hall–Kier alpha value is -0.670. The topological polar surface area (TPSA) is 67.7 Å². The maximum absolute atomic E-state index is 11.2. The smallest absolute Gasteiger partial charge is 0.305 e. The van der Waals surface area contributed by atoms with Gasteiger partial charge in [-0.05, 0) is 19.4 Å². The Bertz CT molecular complexity index is 535. The number of guanidine groups is 1. The predicted octanol–water partition coefficient (Wildman–Crippen LogP) is 2.96. The van der Waals surface area contributed by atoms with E-state index in [2.05, 4.69) is 15.6 Å². The first-order valence-corrected chi connectivity index (χ1v) is 7.84. The highest BCUT2D eigenvalue weighted by Crippen LogP contribution is 2.24. The molecule has 0 fully saturated rings. The van der Waals surface area contributed by atoms with Gasteiger partial charge in [-0.2, -0.15) is 0 Å². The van der Waals surface area contributed by atoms with Crippen molar-refractivity contribution in [3.05, 3.63) is 21.9 Å². The second-order valence-corrected chi connectivity index (χ2v) is 5.36. The molecule has 0 radical (unpaired) electrons. The summed E-state index contributed by atoms with van der Waals surface area (Å²) >= 11 is 12.0. The highest BCUT2D eigenvalue weighted by Gasteiger charge is 2.09. The Balaban J connectivity index is 0.00000484. The average Bonchev–Trinajstić information content (AvgIpc) is 2.74. The first kappa shape index (κ1) is 22.3. The van der Waals surface area contributed by atoms with Crippen LogP contribution in [-0.4, -0.2) is 36.7 Å². The van der Waals surface area contributed by atoms with Crippen molar-refractivity contribution in [2.75, 3.05) is 20.2 Å². The first-order chi connectivity index (χ1) is 10.5. The van der Waals surface area contributed by atoms with Crippen LogP contribution in [0.2, 0.25) is 10.2 Å². The molecule has 9 heteroatoms. The van der Waals surface area contributed by atoms with Gasteiger partial charge in [0.15, 0.2) is 5.96 Å². The molecule has 1 aromatic rings. The number of nitrogens with one attached hydrogen (secondary N) is 2. The fourth-order valence-electron chi connectivity index (χ4n) is 1.83. The summed E-state index contributed by atoms with van der Waals surface area (Å²) in [5, 5.41) is 7.34. The number of ether oxygens (including phenoxy) is 1. The third kappa shape index (κ3) is 7.63. The van der Waals surface area contributed by atoms with Gasteiger partial charge in [-0.25, -0.2) is 0 Å². The molecule has 1 heterocycles. The number of hydrogen-bond acceptors (Lipinski definition) is 3.